The van der Waals surface area contributed by atoms with Crippen LogP contribution in [0.25, 0.3) is 0 Å². The Morgan fingerprint density at radius 2 is 1.49 bits per heavy atom. The summed E-state index contributed by atoms with van der Waals surface area (Å²) in [5.41, 5.74) is 5.56. The molecule has 1 aromatic carbocycles. The van der Waals surface area contributed by atoms with E-state index in [4.69, 9.17) is 10.5 Å². The number of rotatable bonds is 13. The third-order valence-corrected chi connectivity index (χ3v) is 5.87. The molecule has 0 aliphatic carbocycles. The van der Waals surface area contributed by atoms with Gasteiger partial charge in [0.2, 0.25) is 17.7 Å². The number of anilines is 1. The van der Waals surface area contributed by atoms with Crippen LogP contribution in [-0.4, -0.2) is 55.0 Å². The Balaban J connectivity index is 2.88. The topological polar surface area (TPSA) is 181 Å². The number of nitrogens with one attached hydrogen (secondary N) is 5. The Hall–Kier alpha value is -3.83. The van der Waals surface area contributed by atoms with E-state index in [-0.39, 0.29) is 36.8 Å². The Morgan fingerprint density at radius 1 is 0.878 bits per heavy atom. The van der Waals surface area contributed by atoms with Gasteiger partial charge < -0.3 is 37.1 Å². The number of nitrogens with two attached hydrogens (primary N) is 1. The number of amides is 6. The van der Waals surface area contributed by atoms with Gasteiger partial charge in [-0.3, -0.25) is 14.4 Å². The molecule has 2 unspecified atom stereocenters. The maximum Gasteiger partial charge on any atom is 0.407 e. The highest BCUT2D eigenvalue weighted by atomic mass is 16.5. The van der Waals surface area contributed by atoms with E-state index >= 15 is 0 Å². The lowest BCUT2D eigenvalue weighted by molar-refractivity contribution is -0.135. The van der Waals surface area contributed by atoms with Crippen molar-refractivity contribution >= 4 is 35.5 Å². The third-order valence-electron chi connectivity index (χ3n) is 5.87. The highest BCUT2D eigenvalue weighted by Gasteiger charge is 2.32. The second-order valence-corrected chi connectivity index (χ2v) is 12.6. The Bertz CT molecular complexity index is 1040. The molecule has 0 bridgehead atoms. The predicted octanol–water partition coefficient (Wildman–Crippen LogP) is 3.02. The van der Waals surface area contributed by atoms with Crippen LogP contribution in [0.15, 0.2) is 24.3 Å². The first-order valence-electron chi connectivity index (χ1n) is 13.8. The molecule has 1 aromatic rings. The van der Waals surface area contributed by atoms with E-state index in [1.165, 1.54) is 0 Å². The van der Waals surface area contributed by atoms with Gasteiger partial charge in [-0.1, -0.05) is 67.5 Å². The summed E-state index contributed by atoms with van der Waals surface area (Å²) in [5, 5.41) is 13.5. The van der Waals surface area contributed by atoms with Crippen molar-refractivity contribution in [2.45, 2.75) is 86.9 Å². The van der Waals surface area contributed by atoms with E-state index in [1.54, 1.807) is 58.9 Å². The average molecular weight is 577 g/mol. The first-order chi connectivity index (χ1) is 18.9. The number of carbonyl (C=O) groups is 5. The van der Waals surface area contributed by atoms with Gasteiger partial charge in [0.05, 0.1) is 0 Å². The summed E-state index contributed by atoms with van der Waals surface area (Å²) in [6.45, 7) is 15.6. The molecule has 2 atom stereocenters. The minimum atomic E-state index is -0.945. The highest BCUT2D eigenvalue weighted by molar-refractivity contribution is 5.98. The normalized spacial score (nSPS) is 13.0. The molecule has 230 valence electrons. The summed E-state index contributed by atoms with van der Waals surface area (Å²) in [4.78, 5) is 61.9. The van der Waals surface area contributed by atoms with Crippen LogP contribution in [0.5, 0.6) is 0 Å². The molecule has 6 amide bonds. The molecule has 0 aromatic heterocycles. The molecule has 12 nitrogen and oxygen atoms in total. The zero-order valence-corrected chi connectivity index (χ0v) is 25.6. The lowest BCUT2D eigenvalue weighted by atomic mass is 9.93. The standard InChI is InChI=1S/C29H48N6O6/c1-18(2)22(35-25(38)29(6,7)8)24(37)34-21(10-9-15-31-26(30)39)23(36)33-20-13-11-19(12-14-20)16-41-27(40)32-17-28(3,4)5/h11-14,18,21-22H,9-10,15-17H2,1-8H3,(H,32,40)(H,33,36)(H,34,37)(H,35,38)(H3,30,31,39). The fourth-order valence-electron chi connectivity index (χ4n) is 3.39. The van der Waals surface area contributed by atoms with E-state index in [0.717, 1.165) is 5.56 Å². The summed E-state index contributed by atoms with van der Waals surface area (Å²) in [6, 6.07) is 4.28. The number of urea groups is 1. The zero-order valence-electron chi connectivity index (χ0n) is 25.6. The number of primary amides is 1. The van der Waals surface area contributed by atoms with Gasteiger partial charge in [0.25, 0.3) is 0 Å². The van der Waals surface area contributed by atoms with E-state index in [1.807, 2.05) is 20.8 Å². The summed E-state index contributed by atoms with van der Waals surface area (Å²) < 4.78 is 5.23. The van der Waals surface area contributed by atoms with Crippen molar-refractivity contribution in [3.8, 4) is 0 Å². The average Bonchev–Trinajstić information content (AvgIpc) is 2.85. The molecule has 0 saturated heterocycles. The Labute approximate surface area is 243 Å². The molecule has 0 aliphatic heterocycles. The minimum Gasteiger partial charge on any atom is -0.445 e. The van der Waals surface area contributed by atoms with Crippen LogP contribution in [0, 0.1) is 16.7 Å². The molecule has 0 fully saturated rings. The number of benzene rings is 1. The van der Waals surface area contributed by atoms with Crippen molar-refractivity contribution in [2.75, 3.05) is 18.4 Å². The zero-order chi connectivity index (χ0) is 31.4. The fourth-order valence-corrected chi connectivity index (χ4v) is 3.39. The van der Waals surface area contributed by atoms with E-state index in [9.17, 15) is 24.0 Å². The van der Waals surface area contributed by atoms with Gasteiger partial charge in [-0.25, -0.2) is 9.59 Å². The predicted molar refractivity (Wildman–Crippen MR) is 158 cm³/mol. The van der Waals surface area contributed by atoms with E-state index < -0.39 is 41.4 Å². The van der Waals surface area contributed by atoms with Gasteiger partial charge in [-0.15, -0.1) is 0 Å². The second kappa shape index (κ2) is 15.8. The summed E-state index contributed by atoms with van der Waals surface area (Å²) in [6.07, 6.45) is 0.0706. The van der Waals surface area contributed by atoms with Crippen molar-refractivity contribution in [1.82, 2.24) is 21.3 Å². The third kappa shape index (κ3) is 14.4. The molecule has 12 heteroatoms. The molecule has 0 heterocycles. The molecule has 0 spiro atoms. The van der Waals surface area contributed by atoms with Crippen molar-refractivity contribution < 1.29 is 28.7 Å². The lowest BCUT2D eigenvalue weighted by Gasteiger charge is -2.28. The molecular weight excluding hydrogens is 528 g/mol. The van der Waals surface area contributed by atoms with Crippen LogP contribution < -0.4 is 32.3 Å². The first-order valence-corrected chi connectivity index (χ1v) is 13.8. The molecule has 0 aliphatic rings. The number of hydrogen-bond donors (Lipinski definition) is 6. The van der Waals surface area contributed by atoms with Crippen LogP contribution in [0.1, 0.15) is 73.8 Å². The summed E-state index contributed by atoms with van der Waals surface area (Å²) in [5.74, 6) is -1.47. The molecule has 0 saturated carbocycles. The van der Waals surface area contributed by atoms with Crippen molar-refractivity contribution in [2.24, 2.45) is 22.5 Å². The summed E-state index contributed by atoms with van der Waals surface area (Å²) >= 11 is 0. The van der Waals surface area contributed by atoms with Gasteiger partial charge in [0.15, 0.2) is 0 Å². The van der Waals surface area contributed by atoms with Crippen LogP contribution in [0.2, 0.25) is 0 Å². The smallest absolute Gasteiger partial charge is 0.407 e. The molecule has 1 rings (SSSR count). The van der Waals surface area contributed by atoms with Gasteiger partial charge in [0.1, 0.15) is 18.7 Å². The number of ether oxygens (including phenoxy) is 1. The van der Waals surface area contributed by atoms with Crippen molar-refractivity contribution in [1.29, 1.82) is 0 Å². The van der Waals surface area contributed by atoms with E-state index in [0.29, 0.717) is 18.7 Å². The van der Waals surface area contributed by atoms with Gasteiger partial charge >= 0.3 is 12.1 Å². The van der Waals surface area contributed by atoms with Crippen LogP contribution in [0.3, 0.4) is 0 Å². The maximum atomic E-state index is 13.2. The number of alkyl carbamates (subject to hydrolysis) is 1. The lowest BCUT2D eigenvalue weighted by Crippen LogP contribution is -2.56. The quantitative estimate of drug-likeness (QED) is 0.196. The SMILES string of the molecule is CC(C)C(NC(=O)C(C)(C)C)C(=O)NC(CCCNC(N)=O)C(=O)Nc1ccc(COC(=O)NCC(C)(C)C)cc1. The Morgan fingerprint density at radius 3 is 2.00 bits per heavy atom. The van der Waals surface area contributed by atoms with Gasteiger partial charge in [-0.2, -0.15) is 0 Å². The highest BCUT2D eigenvalue weighted by Crippen LogP contribution is 2.16. The van der Waals surface area contributed by atoms with Gasteiger partial charge in [0, 0.05) is 24.2 Å². The van der Waals surface area contributed by atoms with Crippen LogP contribution >= 0.6 is 0 Å². The first kappa shape index (κ1) is 35.2. The second-order valence-electron chi connectivity index (χ2n) is 12.6. The maximum absolute atomic E-state index is 13.2. The van der Waals surface area contributed by atoms with Crippen LogP contribution in [0.4, 0.5) is 15.3 Å². The molecular formula is C29H48N6O6. The van der Waals surface area contributed by atoms with Crippen molar-refractivity contribution in [3.63, 3.8) is 0 Å². The minimum absolute atomic E-state index is 0.0621. The molecule has 0 radical (unpaired) electrons. The number of hydrogen-bond acceptors (Lipinski definition) is 6. The Kier molecular flexibility index (Phi) is 13.6. The van der Waals surface area contributed by atoms with E-state index in [2.05, 4.69) is 26.6 Å². The molecule has 7 N–H and O–H groups in total. The van der Waals surface area contributed by atoms with Gasteiger partial charge in [-0.05, 0) is 41.9 Å². The monoisotopic (exact) mass is 576 g/mol. The molecule has 41 heavy (non-hydrogen) atoms. The van der Waals surface area contributed by atoms with Crippen LogP contribution in [-0.2, 0) is 25.7 Å². The van der Waals surface area contributed by atoms with Crippen molar-refractivity contribution in [3.05, 3.63) is 29.8 Å². The summed E-state index contributed by atoms with van der Waals surface area (Å²) in [7, 11) is 0. The largest absolute Gasteiger partial charge is 0.445 e. The number of carbonyl (C=O) groups excluding carboxylic acids is 5. The fraction of sp³-hybridized carbons (Fsp3) is 0.621.